The van der Waals surface area contributed by atoms with Crippen LogP contribution in [0.1, 0.15) is 32.1 Å². The maximum Gasteiger partial charge on any atom is 0.414 e. The number of halogens is 3. The molecule has 0 aromatic heterocycles. The van der Waals surface area contributed by atoms with Crippen LogP contribution in [0.2, 0.25) is 0 Å². The van der Waals surface area contributed by atoms with E-state index in [4.69, 9.17) is 14.2 Å². The fourth-order valence-electron chi connectivity index (χ4n) is 5.82. The molecule has 0 radical (unpaired) electrons. The first-order valence-corrected chi connectivity index (χ1v) is 12.2. The second-order valence-electron chi connectivity index (χ2n) is 9.63. The maximum atomic E-state index is 13.4. The second kappa shape index (κ2) is 11.0. The van der Waals surface area contributed by atoms with Crippen molar-refractivity contribution in [2.45, 2.75) is 56.5 Å². The van der Waals surface area contributed by atoms with Crippen molar-refractivity contribution in [3.05, 3.63) is 22.9 Å². The van der Waals surface area contributed by atoms with Crippen LogP contribution < -0.4 is 5.32 Å². The normalized spacial score (nSPS) is 30.3. The lowest BCUT2D eigenvalue weighted by Crippen LogP contribution is -2.54. The lowest BCUT2D eigenvalue weighted by molar-refractivity contribution is -0.135. The summed E-state index contributed by atoms with van der Waals surface area (Å²) in [4.78, 5) is 17.6. The Morgan fingerprint density at radius 2 is 2.12 bits per heavy atom. The molecular weight excluding hydrogens is 451 g/mol. The zero-order chi connectivity index (χ0) is 24.3. The van der Waals surface area contributed by atoms with Crippen LogP contribution in [-0.2, 0) is 19.0 Å². The van der Waals surface area contributed by atoms with Crippen molar-refractivity contribution in [1.29, 1.82) is 0 Å². The molecule has 4 aliphatic rings. The van der Waals surface area contributed by atoms with E-state index in [1.54, 1.807) is 19.1 Å². The summed E-state index contributed by atoms with van der Waals surface area (Å²) in [5.74, 6) is -0.0517. The maximum absolute atomic E-state index is 13.4. The van der Waals surface area contributed by atoms with Gasteiger partial charge in [-0.3, -0.25) is 9.69 Å². The Bertz CT molecular complexity index is 801. The van der Waals surface area contributed by atoms with Gasteiger partial charge in [0, 0.05) is 77.1 Å². The summed E-state index contributed by atoms with van der Waals surface area (Å²) in [6, 6.07) is 0.465. The van der Waals surface area contributed by atoms with Gasteiger partial charge in [0.15, 0.2) is 0 Å². The van der Waals surface area contributed by atoms with Crippen molar-refractivity contribution in [1.82, 2.24) is 15.1 Å². The Morgan fingerprint density at radius 1 is 1.29 bits per heavy atom. The Morgan fingerprint density at radius 3 is 2.85 bits per heavy atom. The molecule has 2 fully saturated rings. The molecule has 4 atom stereocenters. The minimum absolute atomic E-state index is 0.0128. The molecule has 192 valence electrons. The number of methoxy groups -OCH3 is 2. The van der Waals surface area contributed by atoms with Crippen LogP contribution in [0.25, 0.3) is 0 Å². The van der Waals surface area contributed by atoms with Crippen molar-refractivity contribution in [2.75, 3.05) is 60.2 Å². The number of nitrogens with one attached hydrogen (secondary N) is 1. The monoisotopic (exact) mass is 487 g/mol. The highest BCUT2D eigenvalue weighted by Gasteiger charge is 2.41. The van der Waals surface area contributed by atoms with Gasteiger partial charge >= 0.3 is 6.18 Å². The molecule has 3 aliphatic heterocycles. The number of rotatable bonds is 7. The molecule has 0 unspecified atom stereocenters. The number of carbonyl (C=O) groups excluding carboxylic acids is 1. The molecule has 0 bridgehead atoms. The Hall–Kier alpha value is -1.62. The number of dihydropyridines is 1. The van der Waals surface area contributed by atoms with Gasteiger partial charge in [-0.15, -0.1) is 0 Å². The van der Waals surface area contributed by atoms with E-state index in [1.165, 1.54) is 6.08 Å². The molecule has 1 saturated heterocycles. The Balaban J connectivity index is 1.40. The van der Waals surface area contributed by atoms with Crippen LogP contribution in [0, 0.1) is 5.92 Å². The van der Waals surface area contributed by atoms with Crippen molar-refractivity contribution >= 4 is 5.91 Å². The SMILES string of the molecule is COCCN([C@@H]1CC[C@H](C(=O)N2CCC3=C(C=C(C(F)(F)F)CN3)C2)C1)[C@H]1CCOC[C@H]1OC. The molecule has 4 rings (SSSR count). The zero-order valence-electron chi connectivity index (χ0n) is 20.0. The summed E-state index contributed by atoms with van der Waals surface area (Å²) in [5.41, 5.74) is 0.830. The summed E-state index contributed by atoms with van der Waals surface area (Å²) in [5, 5.41) is 2.91. The van der Waals surface area contributed by atoms with Gasteiger partial charge in [-0.25, -0.2) is 0 Å². The standard InChI is InChI=1S/C24H36F3N3O4/c1-32-10-8-30(21-6-9-34-15-22(21)33-2)19-4-3-16(12-19)23(31)29-7-5-20-17(14-29)11-18(13-28-20)24(25,26)27/h11,16,19,21-22,28H,3-10,12-15H2,1-2H3/t16-,19+,21-,22+/m0/s1. The number of amides is 1. The predicted molar refractivity (Wildman–Crippen MR) is 120 cm³/mol. The molecular formula is C24H36F3N3O4. The summed E-state index contributed by atoms with van der Waals surface area (Å²) in [6.45, 7) is 3.20. The largest absolute Gasteiger partial charge is 0.414 e. The summed E-state index contributed by atoms with van der Waals surface area (Å²) >= 11 is 0. The lowest BCUT2D eigenvalue weighted by Gasteiger charge is -2.42. The third-order valence-corrected chi connectivity index (χ3v) is 7.67. The van der Waals surface area contributed by atoms with Crippen LogP contribution in [0.15, 0.2) is 22.9 Å². The zero-order valence-corrected chi connectivity index (χ0v) is 20.0. The van der Waals surface area contributed by atoms with Gasteiger partial charge in [-0.2, -0.15) is 13.2 Å². The van der Waals surface area contributed by atoms with E-state index < -0.39 is 11.7 Å². The van der Waals surface area contributed by atoms with E-state index >= 15 is 0 Å². The first-order valence-electron chi connectivity index (χ1n) is 12.2. The molecule has 1 N–H and O–H groups in total. The average Bonchev–Trinajstić information content (AvgIpc) is 3.33. The lowest BCUT2D eigenvalue weighted by atomic mass is 9.96. The summed E-state index contributed by atoms with van der Waals surface area (Å²) in [7, 11) is 3.40. The van der Waals surface area contributed by atoms with E-state index in [0.717, 1.165) is 37.9 Å². The van der Waals surface area contributed by atoms with Gasteiger partial charge in [0.25, 0.3) is 0 Å². The number of ether oxygens (including phenoxy) is 3. The van der Waals surface area contributed by atoms with Crippen LogP contribution in [-0.4, -0.2) is 100 Å². The minimum atomic E-state index is -4.35. The van der Waals surface area contributed by atoms with Crippen molar-refractivity contribution in [2.24, 2.45) is 5.92 Å². The third kappa shape index (κ3) is 5.61. The molecule has 7 nitrogen and oxygen atoms in total. The number of alkyl halides is 3. The van der Waals surface area contributed by atoms with Gasteiger partial charge in [0.1, 0.15) is 0 Å². The number of carbonyl (C=O) groups is 1. The Kier molecular flexibility index (Phi) is 8.22. The number of hydrogen-bond donors (Lipinski definition) is 1. The molecule has 0 spiro atoms. The summed E-state index contributed by atoms with van der Waals surface area (Å²) < 4.78 is 56.2. The van der Waals surface area contributed by atoms with Crippen LogP contribution in [0.3, 0.4) is 0 Å². The van der Waals surface area contributed by atoms with E-state index in [0.29, 0.717) is 38.4 Å². The highest BCUT2D eigenvalue weighted by atomic mass is 19.4. The van der Waals surface area contributed by atoms with Gasteiger partial charge in [-0.1, -0.05) is 0 Å². The van der Waals surface area contributed by atoms with Crippen molar-refractivity contribution in [3.8, 4) is 0 Å². The van der Waals surface area contributed by atoms with Crippen molar-refractivity contribution < 1.29 is 32.2 Å². The fourth-order valence-corrected chi connectivity index (χ4v) is 5.82. The molecule has 0 aromatic carbocycles. The molecule has 1 amide bonds. The van der Waals surface area contributed by atoms with Crippen LogP contribution in [0.5, 0.6) is 0 Å². The first-order chi connectivity index (χ1) is 16.3. The predicted octanol–water partition coefficient (Wildman–Crippen LogP) is 2.49. The van der Waals surface area contributed by atoms with E-state index in [9.17, 15) is 18.0 Å². The molecule has 0 aromatic rings. The van der Waals surface area contributed by atoms with E-state index in [1.807, 2.05) is 0 Å². The fraction of sp³-hybridized carbons (Fsp3) is 0.792. The third-order valence-electron chi connectivity index (χ3n) is 7.67. The van der Waals surface area contributed by atoms with Gasteiger partial charge in [-0.05, 0) is 37.3 Å². The quantitative estimate of drug-likeness (QED) is 0.596. The first kappa shape index (κ1) is 25.5. The topological polar surface area (TPSA) is 63.3 Å². The highest BCUT2D eigenvalue weighted by Crippen LogP contribution is 2.36. The average molecular weight is 488 g/mol. The van der Waals surface area contributed by atoms with Gasteiger partial charge < -0.3 is 24.4 Å². The highest BCUT2D eigenvalue weighted by molar-refractivity contribution is 5.80. The van der Waals surface area contributed by atoms with Crippen LogP contribution in [0.4, 0.5) is 13.2 Å². The van der Waals surface area contributed by atoms with Crippen LogP contribution >= 0.6 is 0 Å². The minimum Gasteiger partial charge on any atom is -0.384 e. The summed E-state index contributed by atoms with van der Waals surface area (Å²) in [6.07, 6.45) is 0.755. The second-order valence-corrected chi connectivity index (χ2v) is 9.63. The smallest absolute Gasteiger partial charge is 0.384 e. The molecule has 1 aliphatic carbocycles. The molecule has 10 heteroatoms. The van der Waals surface area contributed by atoms with Gasteiger partial charge in [0.05, 0.1) is 24.9 Å². The number of hydrogen-bond acceptors (Lipinski definition) is 6. The van der Waals surface area contributed by atoms with Crippen molar-refractivity contribution in [3.63, 3.8) is 0 Å². The van der Waals surface area contributed by atoms with E-state index in [-0.39, 0.29) is 43.1 Å². The molecule has 1 saturated carbocycles. The molecule has 34 heavy (non-hydrogen) atoms. The van der Waals surface area contributed by atoms with E-state index in [2.05, 4.69) is 10.2 Å². The van der Waals surface area contributed by atoms with Gasteiger partial charge in [0.2, 0.25) is 5.91 Å². The Labute approximate surface area is 199 Å². The molecule has 3 heterocycles. The number of nitrogens with zero attached hydrogens (tertiary/aromatic N) is 2.